The van der Waals surface area contributed by atoms with Crippen molar-refractivity contribution < 1.29 is 14.4 Å². The fraction of sp³-hybridized carbons (Fsp3) is 0.500. The Labute approximate surface area is 107 Å². The number of fused-ring (bicyclic) bond motifs is 1. The van der Waals surface area contributed by atoms with E-state index in [9.17, 15) is 4.79 Å². The highest BCUT2D eigenvalue weighted by atomic mass is 16.7. The second-order valence-electron chi connectivity index (χ2n) is 5.34. The van der Waals surface area contributed by atoms with Crippen LogP contribution in [-0.2, 0) is 20.8 Å². The Kier molecular flexibility index (Phi) is 3.57. The lowest BCUT2D eigenvalue weighted by Gasteiger charge is -2.22. The van der Waals surface area contributed by atoms with Gasteiger partial charge in [-0.3, -0.25) is 9.90 Å². The van der Waals surface area contributed by atoms with E-state index in [-0.39, 0.29) is 12.6 Å². The van der Waals surface area contributed by atoms with Crippen molar-refractivity contribution in [2.45, 2.75) is 32.8 Å². The van der Waals surface area contributed by atoms with Crippen molar-refractivity contribution in [2.24, 2.45) is 0 Å². The summed E-state index contributed by atoms with van der Waals surface area (Å²) in [5.74, 6) is -0.341. The summed E-state index contributed by atoms with van der Waals surface area (Å²) in [4.78, 5) is 17.0. The number of anilines is 1. The Morgan fingerprint density at radius 3 is 2.78 bits per heavy atom. The largest absolute Gasteiger partial charge is 0.458 e. The summed E-state index contributed by atoms with van der Waals surface area (Å²) in [5, 5.41) is 1.76. The molecule has 4 nitrogen and oxygen atoms in total. The predicted molar refractivity (Wildman–Crippen MR) is 69.3 cm³/mol. The maximum Gasteiger partial charge on any atom is 0.335 e. The SMILES string of the molecule is CC(C)(C)OC(=O)CON1CCc2ccccc21. The fourth-order valence-electron chi connectivity index (χ4n) is 1.94. The number of carbonyl (C=O) groups excluding carboxylic acids is 1. The van der Waals surface area contributed by atoms with Crippen molar-refractivity contribution in [3.8, 4) is 0 Å². The van der Waals surface area contributed by atoms with E-state index in [1.54, 1.807) is 5.06 Å². The van der Waals surface area contributed by atoms with Gasteiger partial charge in [-0.25, -0.2) is 4.79 Å². The maximum atomic E-state index is 11.6. The summed E-state index contributed by atoms with van der Waals surface area (Å²) in [6.45, 7) is 6.26. The van der Waals surface area contributed by atoms with Gasteiger partial charge in [0.2, 0.25) is 0 Å². The van der Waals surface area contributed by atoms with Crippen LogP contribution in [0.5, 0.6) is 0 Å². The third kappa shape index (κ3) is 3.23. The van der Waals surface area contributed by atoms with Crippen molar-refractivity contribution in [1.82, 2.24) is 0 Å². The number of benzene rings is 1. The van der Waals surface area contributed by atoms with Gasteiger partial charge in [-0.05, 0) is 38.8 Å². The van der Waals surface area contributed by atoms with Gasteiger partial charge in [-0.1, -0.05) is 18.2 Å². The van der Waals surface area contributed by atoms with Crippen LogP contribution in [-0.4, -0.2) is 24.7 Å². The van der Waals surface area contributed by atoms with Gasteiger partial charge in [0.05, 0.1) is 5.69 Å². The molecular weight excluding hydrogens is 230 g/mol. The van der Waals surface area contributed by atoms with Crippen LogP contribution in [0.3, 0.4) is 0 Å². The van der Waals surface area contributed by atoms with E-state index in [4.69, 9.17) is 9.57 Å². The lowest BCUT2D eigenvalue weighted by molar-refractivity contribution is -0.160. The van der Waals surface area contributed by atoms with Crippen LogP contribution >= 0.6 is 0 Å². The minimum atomic E-state index is -0.469. The summed E-state index contributed by atoms with van der Waals surface area (Å²) < 4.78 is 5.19. The molecule has 0 spiro atoms. The van der Waals surface area contributed by atoms with Gasteiger partial charge in [0.1, 0.15) is 5.60 Å². The minimum Gasteiger partial charge on any atom is -0.458 e. The number of carbonyl (C=O) groups is 1. The molecule has 0 saturated heterocycles. The minimum absolute atomic E-state index is 0.0500. The molecule has 0 atom stereocenters. The van der Waals surface area contributed by atoms with E-state index in [1.165, 1.54) is 5.56 Å². The zero-order valence-corrected chi connectivity index (χ0v) is 11.1. The molecule has 1 aromatic carbocycles. The number of ether oxygens (including phenoxy) is 1. The van der Waals surface area contributed by atoms with Gasteiger partial charge in [0.15, 0.2) is 6.61 Å². The molecule has 0 unspecified atom stereocenters. The monoisotopic (exact) mass is 249 g/mol. The Bertz CT molecular complexity index is 437. The maximum absolute atomic E-state index is 11.6. The molecule has 1 aliphatic rings. The highest BCUT2D eigenvalue weighted by Crippen LogP contribution is 2.27. The third-order valence-electron chi connectivity index (χ3n) is 2.60. The molecule has 0 bridgehead atoms. The molecule has 0 saturated carbocycles. The zero-order valence-electron chi connectivity index (χ0n) is 11.1. The standard InChI is InChI=1S/C14H19NO3/c1-14(2,3)18-13(16)10-17-15-9-8-11-6-4-5-7-12(11)15/h4-7H,8-10H2,1-3H3. The summed E-state index contributed by atoms with van der Waals surface area (Å²) in [6.07, 6.45) is 0.949. The highest BCUT2D eigenvalue weighted by Gasteiger charge is 2.22. The van der Waals surface area contributed by atoms with E-state index in [0.717, 1.165) is 18.7 Å². The molecule has 18 heavy (non-hydrogen) atoms. The molecule has 4 heteroatoms. The number of hydrogen-bond acceptors (Lipinski definition) is 4. The van der Waals surface area contributed by atoms with Crippen LogP contribution < -0.4 is 5.06 Å². The zero-order chi connectivity index (χ0) is 13.2. The highest BCUT2D eigenvalue weighted by molar-refractivity contribution is 5.71. The molecular formula is C14H19NO3. The van der Waals surface area contributed by atoms with Gasteiger partial charge >= 0.3 is 5.97 Å². The van der Waals surface area contributed by atoms with Crippen molar-refractivity contribution in [2.75, 3.05) is 18.2 Å². The lowest BCUT2D eigenvalue weighted by atomic mass is 10.2. The summed E-state index contributed by atoms with van der Waals surface area (Å²) in [6, 6.07) is 8.05. The van der Waals surface area contributed by atoms with Crippen LogP contribution in [0.1, 0.15) is 26.3 Å². The summed E-state index contributed by atoms with van der Waals surface area (Å²) >= 11 is 0. The van der Waals surface area contributed by atoms with Crippen LogP contribution in [0.25, 0.3) is 0 Å². The van der Waals surface area contributed by atoms with Crippen LogP contribution in [0, 0.1) is 0 Å². The fourth-order valence-corrected chi connectivity index (χ4v) is 1.94. The second-order valence-corrected chi connectivity index (χ2v) is 5.34. The third-order valence-corrected chi connectivity index (χ3v) is 2.60. The lowest BCUT2D eigenvalue weighted by Crippen LogP contribution is -2.30. The van der Waals surface area contributed by atoms with Gasteiger partial charge in [-0.2, -0.15) is 0 Å². The topological polar surface area (TPSA) is 38.8 Å². The molecule has 0 aliphatic carbocycles. The smallest absolute Gasteiger partial charge is 0.335 e. The van der Waals surface area contributed by atoms with Gasteiger partial charge in [0.25, 0.3) is 0 Å². The van der Waals surface area contributed by atoms with Crippen molar-refractivity contribution >= 4 is 11.7 Å². The number of nitrogens with zero attached hydrogens (tertiary/aromatic N) is 1. The molecule has 0 radical (unpaired) electrons. The first-order chi connectivity index (χ1) is 8.46. The first-order valence-corrected chi connectivity index (χ1v) is 6.16. The van der Waals surface area contributed by atoms with Crippen molar-refractivity contribution in [1.29, 1.82) is 0 Å². The van der Waals surface area contributed by atoms with Gasteiger partial charge < -0.3 is 4.74 Å². The quantitative estimate of drug-likeness (QED) is 0.771. The van der Waals surface area contributed by atoms with Crippen LogP contribution in [0.2, 0.25) is 0 Å². The predicted octanol–water partition coefficient (Wildman–Crippen LogP) is 2.32. The van der Waals surface area contributed by atoms with Gasteiger partial charge in [-0.15, -0.1) is 0 Å². The molecule has 1 aromatic rings. The molecule has 0 N–H and O–H groups in total. The summed E-state index contributed by atoms with van der Waals surface area (Å²) in [7, 11) is 0. The number of esters is 1. The number of para-hydroxylation sites is 1. The first-order valence-electron chi connectivity index (χ1n) is 6.16. The normalized spacial score (nSPS) is 14.5. The Balaban J connectivity index is 1.87. The van der Waals surface area contributed by atoms with Crippen molar-refractivity contribution in [3.05, 3.63) is 29.8 Å². The van der Waals surface area contributed by atoms with Crippen molar-refractivity contribution in [3.63, 3.8) is 0 Å². The Hall–Kier alpha value is -1.55. The molecule has 1 heterocycles. The van der Waals surface area contributed by atoms with E-state index >= 15 is 0 Å². The van der Waals surface area contributed by atoms with Gasteiger partial charge in [0, 0.05) is 6.54 Å². The Morgan fingerprint density at radius 1 is 1.33 bits per heavy atom. The summed E-state index contributed by atoms with van der Waals surface area (Å²) in [5.41, 5.74) is 1.83. The molecule has 98 valence electrons. The second kappa shape index (κ2) is 4.98. The number of rotatable bonds is 3. The van der Waals surface area contributed by atoms with E-state index < -0.39 is 5.60 Å². The molecule has 0 aromatic heterocycles. The average molecular weight is 249 g/mol. The Morgan fingerprint density at radius 2 is 2.06 bits per heavy atom. The van der Waals surface area contributed by atoms with Crippen LogP contribution in [0.4, 0.5) is 5.69 Å². The molecule has 0 fully saturated rings. The van der Waals surface area contributed by atoms with E-state index in [0.29, 0.717) is 0 Å². The van der Waals surface area contributed by atoms with Crippen LogP contribution in [0.15, 0.2) is 24.3 Å². The molecule has 0 amide bonds. The number of hydrogen-bond donors (Lipinski definition) is 0. The first kappa shape index (κ1) is 12.9. The average Bonchev–Trinajstić information content (AvgIpc) is 2.67. The molecule has 1 aliphatic heterocycles. The van der Waals surface area contributed by atoms with E-state index in [1.807, 2.05) is 39.0 Å². The molecule has 2 rings (SSSR count). The van der Waals surface area contributed by atoms with E-state index in [2.05, 4.69) is 6.07 Å². The number of hydroxylamine groups is 1.